The predicted octanol–water partition coefficient (Wildman–Crippen LogP) is 0.961. The number of hydrogen-bond acceptors (Lipinski definition) is 3. The van der Waals surface area contributed by atoms with Crippen molar-refractivity contribution in [2.45, 2.75) is 11.3 Å². The van der Waals surface area contributed by atoms with Gasteiger partial charge in [0.25, 0.3) is 0 Å². The number of aliphatic hydroxyl groups is 1. The zero-order valence-corrected chi connectivity index (χ0v) is 17.6. The quantitative estimate of drug-likeness (QED) is 0.449. The Bertz CT molecular complexity index is 958. The van der Waals surface area contributed by atoms with Crippen LogP contribution in [0.1, 0.15) is 12.0 Å². The van der Waals surface area contributed by atoms with Crippen LogP contribution in [0.15, 0.2) is 70.7 Å². The van der Waals surface area contributed by atoms with Crippen molar-refractivity contribution in [2.75, 3.05) is 18.1 Å². The lowest BCUT2D eigenvalue weighted by Gasteiger charge is -2.20. The van der Waals surface area contributed by atoms with E-state index >= 15 is 0 Å². The number of nitrogens with zero attached hydrogens (tertiary/aromatic N) is 2. The Morgan fingerprint density at radius 1 is 1.08 bits per heavy atom. The number of fused-ring (bicyclic) bond motifs is 2. The van der Waals surface area contributed by atoms with Gasteiger partial charge in [-0.25, -0.2) is 4.57 Å². The van der Waals surface area contributed by atoms with Crippen LogP contribution in [0, 0.1) is 0 Å². The number of halogens is 1. The minimum Gasteiger partial charge on any atom is -1.00 e. The molecule has 1 aromatic heterocycles. The molecule has 3 nitrogen and oxygen atoms in total. The van der Waals surface area contributed by atoms with E-state index in [0.717, 1.165) is 13.0 Å². The van der Waals surface area contributed by atoms with Gasteiger partial charge >= 0.3 is 0 Å². The average Bonchev–Trinajstić information content (AvgIpc) is 2.99. The fourth-order valence-electron chi connectivity index (χ4n) is 3.27. The van der Waals surface area contributed by atoms with Gasteiger partial charge in [-0.05, 0) is 36.3 Å². The summed E-state index contributed by atoms with van der Waals surface area (Å²) in [4.78, 5) is 3.59. The van der Waals surface area contributed by atoms with Crippen LogP contribution in [0.5, 0.6) is 0 Å². The van der Waals surface area contributed by atoms with Gasteiger partial charge in [0.05, 0.1) is 16.1 Å². The molecule has 26 heavy (non-hydrogen) atoms. The van der Waals surface area contributed by atoms with E-state index in [0.29, 0.717) is 0 Å². The minimum absolute atomic E-state index is 0. The minimum atomic E-state index is 0. The monoisotopic (exact) mass is 476 g/mol. The van der Waals surface area contributed by atoms with Crippen LogP contribution in [0.2, 0.25) is 0 Å². The van der Waals surface area contributed by atoms with Crippen molar-refractivity contribution in [2.24, 2.45) is 7.05 Å². The Balaban J connectivity index is 0.00000196. The predicted molar refractivity (Wildman–Crippen MR) is 104 cm³/mol. The number of aromatic nitrogens is 1. The Labute approximate surface area is 175 Å². The maximum absolute atomic E-state index is 9.27. The molecule has 0 radical (unpaired) electrons. The van der Waals surface area contributed by atoms with E-state index in [1.807, 2.05) is 0 Å². The second-order valence-corrected chi connectivity index (χ2v) is 7.24. The lowest BCUT2D eigenvalue weighted by molar-refractivity contribution is -0.644. The highest BCUT2D eigenvalue weighted by Crippen LogP contribution is 2.46. The number of aryl methyl sites for hydroxylation is 1. The number of para-hydroxylation sites is 2. The van der Waals surface area contributed by atoms with Gasteiger partial charge in [0.15, 0.2) is 6.20 Å². The normalized spacial score (nSPS) is 14.5. The van der Waals surface area contributed by atoms with Gasteiger partial charge in [0.2, 0.25) is 5.52 Å². The third-order valence-electron chi connectivity index (χ3n) is 4.53. The molecule has 0 aliphatic carbocycles. The summed E-state index contributed by atoms with van der Waals surface area (Å²) in [7, 11) is 2.08. The van der Waals surface area contributed by atoms with Crippen molar-refractivity contribution in [3.8, 4) is 0 Å². The third-order valence-corrected chi connectivity index (χ3v) is 5.64. The molecule has 0 saturated carbocycles. The highest BCUT2D eigenvalue weighted by atomic mass is 127. The van der Waals surface area contributed by atoms with E-state index in [-0.39, 0.29) is 30.6 Å². The lowest BCUT2D eigenvalue weighted by atomic mass is 10.1. The molecule has 3 aromatic rings. The van der Waals surface area contributed by atoms with E-state index in [4.69, 9.17) is 0 Å². The molecule has 0 unspecified atom stereocenters. The molecule has 134 valence electrons. The van der Waals surface area contributed by atoms with Crippen molar-refractivity contribution >= 4 is 34.4 Å². The van der Waals surface area contributed by atoms with E-state index in [2.05, 4.69) is 83.4 Å². The lowest BCUT2D eigenvalue weighted by Crippen LogP contribution is -3.00. The highest BCUT2D eigenvalue weighted by Gasteiger charge is 2.24. The molecular formula is C21H21IN2OS. The number of thioether (sulfide) groups is 1. The number of pyridine rings is 1. The molecular weight excluding hydrogens is 455 g/mol. The van der Waals surface area contributed by atoms with Crippen LogP contribution in [0.4, 0.5) is 5.69 Å². The van der Waals surface area contributed by atoms with Gasteiger partial charge in [0.1, 0.15) is 7.05 Å². The van der Waals surface area contributed by atoms with Crippen molar-refractivity contribution in [3.63, 3.8) is 0 Å². The molecule has 0 fully saturated rings. The summed E-state index contributed by atoms with van der Waals surface area (Å²) in [5.41, 5.74) is 3.68. The van der Waals surface area contributed by atoms with Crippen molar-refractivity contribution < 1.29 is 33.7 Å². The second-order valence-electron chi connectivity index (χ2n) is 6.18. The summed E-state index contributed by atoms with van der Waals surface area (Å²) in [6.07, 6.45) is 5.14. The molecule has 5 heteroatoms. The topological polar surface area (TPSA) is 27.4 Å². The first-order valence-electron chi connectivity index (χ1n) is 8.52. The Morgan fingerprint density at radius 3 is 2.69 bits per heavy atom. The molecule has 2 aromatic carbocycles. The third kappa shape index (κ3) is 3.61. The first-order chi connectivity index (χ1) is 12.3. The van der Waals surface area contributed by atoms with Gasteiger partial charge in [0, 0.05) is 30.2 Å². The van der Waals surface area contributed by atoms with E-state index in [1.54, 1.807) is 11.8 Å². The highest BCUT2D eigenvalue weighted by molar-refractivity contribution is 8.03. The van der Waals surface area contributed by atoms with Crippen LogP contribution in [0.3, 0.4) is 0 Å². The van der Waals surface area contributed by atoms with E-state index < -0.39 is 0 Å². The summed E-state index contributed by atoms with van der Waals surface area (Å²) < 4.78 is 2.15. The zero-order chi connectivity index (χ0) is 17.2. The molecule has 0 bridgehead atoms. The van der Waals surface area contributed by atoms with E-state index in [9.17, 15) is 5.11 Å². The molecule has 0 amide bonds. The molecule has 1 N–H and O–H groups in total. The van der Waals surface area contributed by atoms with Crippen molar-refractivity contribution in [1.29, 1.82) is 0 Å². The van der Waals surface area contributed by atoms with Crippen LogP contribution < -0.4 is 33.4 Å². The van der Waals surface area contributed by atoms with Crippen molar-refractivity contribution in [1.82, 2.24) is 0 Å². The van der Waals surface area contributed by atoms with Crippen LogP contribution in [0.25, 0.3) is 17.0 Å². The van der Waals surface area contributed by atoms with Crippen LogP contribution in [-0.4, -0.2) is 18.3 Å². The number of hydrogen-bond donors (Lipinski definition) is 1. The van der Waals surface area contributed by atoms with Gasteiger partial charge in [-0.2, -0.15) is 0 Å². The smallest absolute Gasteiger partial charge is 0.212 e. The van der Waals surface area contributed by atoms with Gasteiger partial charge in [-0.15, -0.1) is 0 Å². The molecule has 2 heterocycles. The Morgan fingerprint density at radius 2 is 1.85 bits per heavy atom. The number of benzene rings is 2. The molecule has 0 saturated heterocycles. The standard InChI is InChI=1S/C21H21N2OS.HI/c1-22-13-11-16(17-7-2-3-8-18(17)22)15-21-23(12-6-14-24)19-9-4-5-10-20(19)25-21;/h2-5,7-11,13,15,24H,6,12,14H2,1H3;1H/q+1;/p-1. The SMILES string of the molecule is C[n+]1ccc(/C=C2\Sc3ccccc3N2CCCO)c2ccccc21.[I-]. The first kappa shape index (κ1) is 19.2. The Hall–Kier alpha value is -1.57. The maximum atomic E-state index is 9.27. The molecule has 4 rings (SSSR count). The van der Waals surface area contributed by atoms with E-state index in [1.165, 1.54) is 32.1 Å². The summed E-state index contributed by atoms with van der Waals surface area (Å²) >= 11 is 1.80. The van der Waals surface area contributed by atoms with Gasteiger partial charge in [-0.3, -0.25) is 0 Å². The number of anilines is 1. The first-order valence-corrected chi connectivity index (χ1v) is 9.34. The van der Waals surface area contributed by atoms with Crippen molar-refractivity contribution in [3.05, 3.63) is 71.4 Å². The summed E-state index contributed by atoms with van der Waals surface area (Å²) in [6, 6.07) is 19.1. The molecule has 0 atom stereocenters. The molecule has 1 aliphatic heterocycles. The molecule has 1 aliphatic rings. The zero-order valence-electron chi connectivity index (χ0n) is 14.6. The fourth-order valence-corrected chi connectivity index (χ4v) is 4.41. The number of rotatable bonds is 4. The van der Waals surface area contributed by atoms with Crippen LogP contribution in [-0.2, 0) is 7.05 Å². The second kappa shape index (κ2) is 8.41. The van der Waals surface area contributed by atoms with Gasteiger partial charge in [-0.1, -0.05) is 36.0 Å². The molecule has 0 spiro atoms. The Kier molecular flexibility index (Phi) is 6.21. The fraction of sp³-hybridized carbons (Fsp3) is 0.190. The van der Waals surface area contributed by atoms with Gasteiger partial charge < -0.3 is 34.0 Å². The average molecular weight is 476 g/mol. The largest absolute Gasteiger partial charge is 1.00 e. The summed E-state index contributed by atoms with van der Waals surface area (Å²) in [5.74, 6) is 0. The summed E-state index contributed by atoms with van der Waals surface area (Å²) in [5, 5.41) is 11.7. The van der Waals surface area contributed by atoms with Crippen LogP contribution >= 0.6 is 11.8 Å². The summed E-state index contributed by atoms with van der Waals surface area (Å²) in [6.45, 7) is 1.03. The maximum Gasteiger partial charge on any atom is 0.212 e. The number of aliphatic hydroxyl groups excluding tert-OH is 1.